The molecular weight excluding hydrogens is 556 g/mol. The van der Waals surface area contributed by atoms with Crippen LogP contribution >= 0.6 is 0 Å². The van der Waals surface area contributed by atoms with Crippen molar-refractivity contribution in [3.63, 3.8) is 0 Å². The van der Waals surface area contributed by atoms with Gasteiger partial charge in [0.25, 0.3) is 30.4 Å². The fourth-order valence-electron chi connectivity index (χ4n) is 4.87. The summed E-state index contributed by atoms with van der Waals surface area (Å²) in [4.78, 5) is -2.08. The molecule has 0 bridgehead atoms. The molecule has 0 amide bonds. The Morgan fingerprint density at radius 1 is 0.579 bits per heavy atom. The number of unbranched alkanes of at least 4 members (excludes halogenated alkanes) is 6. The Labute approximate surface area is 221 Å². The van der Waals surface area contributed by atoms with Crippen LogP contribution in [0, 0.1) is 0 Å². The molecule has 0 aliphatic carbocycles. The van der Waals surface area contributed by atoms with Gasteiger partial charge < -0.3 is 4.74 Å². The maximum absolute atomic E-state index is 12.3. The number of benzene rings is 4. The third kappa shape index (κ3) is 5.58. The fraction of sp³-hybridized carbons (Fsp3) is 0.360. The standard InChI is InChI=1S/C25H28O10S3/c1-2-3-4-5-6-7-8-13-35-20-14-21(36(26,27)28)17-11-12-19-23(38(32,33)34)15-22(37(29,30)31)18-10-9-16(20)24(17)25(18)19/h9-12,14-15H,2-8,13H2,1H3,(H,26,27,28)(H,29,30,31)(H,32,33,34). The van der Waals surface area contributed by atoms with Crippen molar-refractivity contribution in [3.8, 4) is 5.75 Å². The summed E-state index contributed by atoms with van der Waals surface area (Å²) in [6.07, 6.45) is 7.19. The van der Waals surface area contributed by atoms with Gasteiger partial charge in [-0.1, -0.05) is 63.6 Å². The van der Waals surface area contributed by atoms with Crippen LogP contribution in [0.2, 0.25) is 0 Å². The van der Waals surface area contributed by atoms with Crippen molar-refractivity contribution >= 4 is 62.7 Å². The summed E-state index contributed by atoms with van der Waals surface area (Å²) in [5.74, 6) is 0.0937. The highest BCUT2D eigenvalue weighted by molar-refractivity contribution is 7.87. The first-order valence-corrected chi connectivity index (χ1v) is 16.4. The van der Waals surface area contributed by atoms with Crippen LogP contribution in [-0.4, -0.2) is 45.5 Å². The van der Waals surface area contributed by atoms with E-state index in [9.17, 15) is 38.9 Å². The second kappa shape index (κ2) is 10.5. The molecule has 0 radical (unpaired) electrons. The minimum Gasteiger partial charge on any atom is -0.493 e. The molecule has 206 valence electrons. The molecule has 10 nitrogen and oxygen atoms in total. The molecule has 0 atom stereocenters. The molecule has 38 heavy (non-hydrogen) atoms. The molecule has 0 aliphatic heterocycles. The predicted molar refractivity (Wildman–Crippen MR) is 143 cm³/mol. The first-order valence-electron chi connectivity index (χ1n) is 12.1. The van der Waals surface area contributed by atoms with E-state index < -0.39 is 45.0 Å². The van der Waals surface area contributed by atoms with Crippen LogP contribution in [0.15, 0.2) is 51.1 Å². The van der Waals surface area contributed by atoms with Crippen molar-refractivity contribution in [2.24, 2.45) is 0 Å². The molecule has 0 fully saturated rings. The zero-order valence-corrected chi connectivity index (χ0v) is 23.0. The summed E-state index contributed by atoms with van der Waals surface area (Å²) in [5, 5.41) is 0.186. The van der Waals surface area contributed by atoms with Crippen LogP contribution in [-0.2, 0) is 30.4 Å². The van der Waals surface area contributed by atoms with Crippen LogP contribution in [0.3, 0.4) is 0 Å². The van der Waals surface area contributed by atoms with E-state index in [2.05, 4.69) is 6.92 Å². The van der Waals surface area contributed by atoms with Gasteiger partial charge in [-0.2, -0.15) is 25.3 Å². The molecule has 3 N–H and O–H groups in total. The fourth-order valence-corrected chi connectivity index (χ4v) is 7.08. The average Bonchev–Trinajstić information content (AvgIpc) is 2.82. The highest BCUT2D eigenvalue weighted by Crippen LogP contribution is 2.45. The smallest absolute Gasteiger partial charge is 0.295 e. The van der Waals surface area contributed by atoms with Crippen LogP contribution in [0.1, 0.15) is 51.9 Å². The minimum absolute atomic E-state index is 0.0161. The lowest BCUT2D eigenvalue weighted by molar-refractivity contribution is 0.307. The molecule has 13 heteroatoms. The van der Waals surface area contributed by atoms with Crippen molar-refractivity contribution in [2.75, 3.05) is 6.61 Å². The Balaban J connectivity index is 1.94. The van der Waals surface area contributed by atoms with Gasteiger partial charge in [0.1, 0.15) is 20.4 Å². The Morgan fingerprint density at radius 3 is 1.45 bits per heavy atom. The van der Waals surface area contributed by atoms with Gasteiger partial charge in [0.15, 0.2) is 0 Å². The Hall–Kier alpha value is -2.55. The third-order valence-electron chi connectivity index (χ3n) is 6.59. The van der Waals surface area contributed by atoms with Crippen LogP contribution in [0.4, 0.5) is 0 Å². The monoisotopic (exact) mass is 584 g/mol. The Kier molecular flexibility index (Phi) is 7.90. The maximum atomic E-state index is 12.3. The maximum Gasteiger partial charge on any atom is 0.295 e. The van der Waals surface area contributed by atoms with Crippen molar-refractivity contribution in [3.05, 3.63) is 36.4 Å². The Morgan fingerprint density at radius 2 is 0.974 bits per heavy atom. The first-order chi connectivity index (χ1) is 17.7. The van der Waals surface area contributed by atoms with E-state index in [0.717, 1.165) is 32.1 Å². The number of ether oxygens (including phenoxy) is 1. The van der Waals surface area contributed by atoms with Gasteiger partial charge in [-0.05, 0) is 18.6 Å². The van der Waals surface area contributed by atoms with Crippen molar-refractivity contribution in [1.82, 2.24) is 0 Å². The first kappa shape index (κ1) is 28.5. The summed E-state index contributed by atoms with van der Waals surface area (Å²) in [7, 11) is -14.7. The van der Waals surface area contributed by atoms with Gasteiger partial charge in [-0.3, -0.25) is 13.7 Å². The Bertz CT molecular complexity index is 1770. The zero-order chi connectivity index (χ0) is 27.9. The molecule has 0 unspecified atom stereocenters. The van der Waals surface area contributed by atoms with Gasteiger partial charge in [-0.15, -0.1) is 0 Å². The molecule has 0 aromatic heterocycles. The summed E-state index contributed by atoms with van der Waals surface area (Å²) >= 11 is 0. The van der Waals surface area contributed by atoms with Crippen LogP contribution in [0.25, 0.3) is 32.3 Å². The molecule has 4 aromatic carbocycles. The van der Waals surface area contributed by atoms with E-state index in [4.69, 9.17) is 4.74 Å². The van der Waals surface area contributed by atoms with Crippen molar-refractivity contribution < 1.29 is 43.6 Å². The SMILES string of the molecule is CCCCCCCCCOc1cc(S(=O)(=O)O)c2ccc3c(S(=O)(=O)O)cc(S(=O)(=O)O)c4ccc1c2c43. The summed E-state index contributed by atoms with van der Waals surface area (Å²) in [5.41, 5.74) is 0. The lowest BCUT2D eigenvalue weighted by Gasteiger charge is -2.19. The molecule has 4 aromatic rings. The molecule has 0 heterocycles. The molecule has 4 rings (SSSR count). The van der Waals surface area contributed by atoms with Gasteiger partial charge >= 0.3 is 0 Å². The summed E-state index contributed by atoms with van der Waals surface area (Å²) in [6.45, 7) is 2.38. The van der Waals surface area contributed by atoms with E-state index in [-0.39, 0.29) is 39.3 Å². The van der Waals surface area contributed by atoms with Crippen LogP contribution in [0.5, 0.6) is 5.75 Å². The minimum atomic E-state index is -4.96. The quantitative estimate of drug-likeness (QED) is 0.110. The van der Waals surface area contributed by atoms with Gasteiger partial charge in [-0.25, -0.2) is 0 Å². The molecule has 0 saturated carbocycles. The van der Waals surface area contributed by atoms with E-state index in [1.165, 1.54) is 36.8 Å². The highest BCUT2D eigenvalue weighted by Gasteiger charge is 2.28. The van der Waals surface area contributed by atoms with Crippen molar-refractivity contribution in [1.29, 1.82) is 0 Å². The predicted octanol–water partition coefficient (Wildman–Crippen LogP) is 5.45. The normalized spacial score (nSPS) is 13.2. The van der Waals surface area contributed by atoms with E-state index in [1.807, 2.05) is 0 Å². The highest BCUT2D eigenvalue weighted by atomic mass is 32.2. The van der Waals surface area contributed by atoms with Crippen molar-refractivity contribution in [2.45, 2.75) is 66.6 Å². The van der Waals surface area contributed by atoms with Crippen LogP contribution < -0.4 is 4.74 Å². The van der Waals surface area contributed by atoms with Gasteiger partial charge in [0.05, 0.1) is 6.61 Å². The zero-order valence-electron chi connectivity index (χ0n) is 20.5. The van der Waals surface area contributed by atoms with Gasteiger partial charge in [0.2, 0.25) is 0 Å². The largest absolute Gasteiger partial charge is 0.493 e. The lowest BCUT2D eigenvalue weighted by Crippen LogP contribution is -2.07. The molecular formula is C25H28O10S3. The molecule has 0 aliphatic rings. The topological polar surface area (TPSA) is 172 Å². The number of hydrogen-bond donors (Lipinski definition) is 3. The van der Waals surface area contributed by atoms with E-state index >= 15 is 0 Å². The number of rotatable bonds is 12. The molecule has 0 spiro atoms. The lowest BCUT2D eigenvalue weighted by atomic mass is 9.93. The average molecular weight is 585 g/mol. The van der Waals surface area contributed by atoms with Gasteiger partial charge in [0, 0.05) is 38.4 Å². The number of hydrogen-bond acceptors (Lipinski definition) is 7. The molecule has 0 saturated heterocycles. The summed E-state index contributed by atoms with van der Waals surface area (Å²) < 4.78 is 109. The second-order valence-corrected chi connectivity index (χ2v) is 13.4. The third-order valence-corrected chi connectivity index (χ3v) is 9.27. The van der Waals surface area contributed by atoms with E-state index in [1.54, 1.807) is 0 Å². The second-order valence-electron chi connectivity index (χ2n) is 9.21. The summed E-state index contributed by atoms with van der Waals surface area (Å²) in [6, 6.07) is 7.10. The van der Waals surface area contributed by atoms with E-state index in [0.29, 0.717) is 17.9 Å².